The van der Waals surface area contributed by atoms with E-state index in [-0.39, 0.29) is 11.8 Å². The van der Waals surface area contributed by atoms with Crippen LogP contribution in [0.1, 0.15) is 49.3 Å². The largest absolute Gasteiger partial charge is 0.465 e. The summed E-state index contributed by atoms with van der Waals surface area (Å²) in [6, 6.07) is 6.23. The van der Waals surface area contributed by atoms with Crippen molar-refractivity contribution in [3.8, 4) is 0 Å². The van der Waals surface area contributed by atoms with E-state index in [1.54, 1.807) is 6.92 Å². The van der Waals surface area contributed by atoms with Crippen molar-refractivity contribution >= 4 is 11.8 Å². The van der Waals surface area contributed by atoms with Crippen LogP contribution in [0.5, 0.6) is 0 Å². The summed E-state index contributed by atoms with van der Waals surface area (Å²) >= 11 is 0. The highest BCUT2D eigenvalue weighted by atomic mass is 16.5. The Kier molecular flexibility index (Phi) is 4.81. The molecule has 1 aliphatic rings. The van der Waals surface area contributed by atoms with E-state index in [0.29, 0.717) is 25.9 Å². The van der Waals surface area contributed by atoms with Crippen LogP contribution in [0.15, 0.2) is 18.2 Å². The average Bonchev–Trinajstić information content (AvgIpc) is 2.40. The normalized spacial score (nSPS) is 22.1. The fourth-order valence-electron chi connectivity index (χ4n) is 3.35. The van der Waals surface area contributed by atoms with Crippen LogP contribution in [0.3, 0.4) is 0 Å². The molecule has 3 heteroatoms. The zero-order valence-electron chi connectivity index (χ0n) is 13.2. The predicted octanol–water partition coefficient (Wildman–Crippen LogP) is 3.54. The van der Waals surface area contributed by atoms with Crippen molar-refractivity contribution in [2.75, 3.05) is 6.61 Å². The van der Waals surface area contributed by atoms with E-state index in [2.05, 4.69) is 18.2 Å². The number of benzene rings is 1. The fourth-order valence-corrected chi connectivity index (χ4v) is 3.35. The molecule has 0 aliphatic heterocycles. The maximum absolute atomic E-state index is 12.5. The summed E-state index contributed by atoms with van der Waals surface area (Å²) in [5.74, 6) is -0.291. The van der Waals surface area contributed by atoms with Crippen LogP contribution in [-0.4, -0.2) is 18.4 Å². The summed E-state index contributed by atoms with van der Waals surface area (Å²) in [5, 5.41) is 0. The average molecular weight is 288 g/mol. The van der Waals surface area contributed by atoms with Crippen molar-refractivity contribution in [1.82, 2.24) is 0 Å². The van der Waals surface area contributed by atoms with Gasteiger partial charge in [0, 0.05) is 6.42 Å². The van der Waals surface area contributed by atoms with Gasteiger partial charge in [0.05, 0.1) is 6.61 Å². The molecule has 2 rings (SSSR count). The van der Waals surface area contributed by atoms with Crippen molar-refractivity contribution in [3.63, 3.8) is 0 Å². The van der Waals surface area contributed by atoms with Crippen molar-refractivity contribution in [3.05, 3.63) is 34.9 Å². The van der Waals surface area contributed by atoms with Crippen LogP contribution >= 0.6 is 0 Å². The monoisotopic (exact) mass is 288 g/mol. The third kappa shape index (κ3) is 3.34. The van der Waals surface area contributed by atoms with Gasteiger partial charge in [-0.15, -0.1) is 0 Å². The van der Waals surface area contributed by atoms with Gasteiger partial charge in [-0.3, -0.25) is 9.59 Å². The minimum atomic E-state index is -0.964. The number of esters is 1. The number of ketones is 1. The molecule has 1 aliphatic carbocycles. The van der Waals surface area contributed by atoms with E-state index in [1.807, 2.05) is 13.8 Å². The second kappa shape index (κ2) is 6.42. The summed E-state index contributed by atoms with van der Waals surface area (Å²) in [6.07, 6.45) is 3.36. The Bertz CT molecular complexity index is 527. The molecule has 0 heterocycles. The quantitative estimate of drug-likeness (QED) is 0.628. The van der Waals surface area contributed by atoms with Crippen LogP contribution in [0, 0.1) is 19.3 Å². The van der Waals surface area contributed by atoms with E-state index >= 15 is 0 Å². The van der Waals surface area contributed by atoms with Gasteiger partial charge in [-0.1, -0.05) is 35.7 Å². The smallest absolute Gasteiger partial charge is 0.319 e. The minimum Gasteiger partial charge on any atom is -0.465 e. The minimum absolute atomic E-state index is 0.0476. The second-order valence-corrected chi connectivity index (χ2v) is 6.11. The summed E-state index contributed by atoms with van der Waals surface area (Å²) in [5.41, 5.74) is 2.41. The maximum atomic E-state index is 12.5. The number of Topliss-reactive ketones (excluding diaryl/α,β-unsaturated/α-hetero) is 1. The first kappa shape index (κ1) is 15.7. The van der Waals surface area contributed by atoms with Gasteiger partial charge >= 0.3 is 5.97 Å². The van der Waals surface area contributed by atoms with Crippen LogP contribution < -0.4 is 0 Å². The van der Waals surface area contributed by atoms with Gasteiger partial charge in [0.2, 0.25) is 0 Å². The molecule has 1 aromatic rings. The lowest BCUT2D eigenvalue weighted by Gasteiger charge is -2.33. The molecule has 1 unspecified atom stereocenters. The number of hydrogen-bond donors (Lipinski definition) is 0. The molecule has 0 saturated heterocycles. The summed E-state index contributed by atoms with van der Waals surface area (Å²) in [7, 11) is 0. The Balaban J connectivity index is 2.35. The van der Waals surface area contributed by atoms with Crippen molar-refractivity contribution < 1.29 is 14.3 Å². The van der Waals surface area contributed by atoms with Gasteiger partial charge in [-0.25, -0.2) is 0 Å². The van der Waals surface area contributed by atoms with Gasteiger partial charge in [0.1, 0.15) is 5.41 Å². The molecule has 114 valence electrons. The van der Waals surface area contributed by atoms with Crippen LogP contribution in [0.25, 0.3) is 0 Å². The highest BCUT2D eigenvalue weighted by Crippen LogP contribution is 2.38. The number of carbonyl (C=O) groups excluding carboxylic acids is 2. The molecular formula is C18H24O3. The first-order valence-corrected chi connectivity index (χ1v) is 7.75. The second-order valence-electron chi connectivity index (χ2n) is 6.11. The third-order valence-corrected chi connectivity index (χ3v) is 4.24. The van der Waals surface area contributed by atoms with E-state index in [4.69, 9.17) is 4.74 Å². The molecule has 0 radical (unpaired) electrons. The molecule has 0 spiro atoms. The Morgan fingerprint density at radius 1 is 1.19 bits per heavy atom. The van der Waals surface area contributed by atoms with E-state index < -0.39 is 5.41 Å². The summed E-state index contributed by atoms with van der Waals surface area (Å²) in [6.45, 7) is 6.18. The molecule has 1 fully saturated rings. The molecule has 0 aromatic heterocycles. The van der Waals surface area contributed by atoms with Crippen LogP contribution in [0.4, 0.5) is 0 Å². The molecule has 0 bridgehead atoms. The highest BCUT2D eigenvalue weighted by Gasteiger charge is 2.47. The lowest BCUT2D eigenvalue weighted by molar-refractivity contribution is -0.162. The Hall–Kier alpha value is -1.64. The van der Waals surface area contributed by atoms with E-state index in [1.165, 1.54) is 0 Å². The molecular weight excluding hydrogens is 264 g/mol. The van der Waals surface area contributed by atoms with E-state index in [0.717, 1.165) is 29.5 Å². The SMILES string of the molecule is CCOC(=O)C1(Cc2cc(C)cc(C)c2)CCCCC1=O. The Morgan fingerprint density at radius 2 is 1.86 bits per heavy atom. The summed E-state index contributed by atoms with van der Waals surface area (Å²) < 4.78 is 5.23. The molecule has 3 nitrogen and oxygen atoms in total. The number of ether oxygens (including phenoxy) is 1. The fraction of sp³-hybridized carbons (Fsp3) is 0.556. The third-order valence-electron chi connectivity index (χ3n) is 4.24. The predicted molar refractivity (Wildman–Crippen MR) is 82.2 cm³/mol. The molecule has 0 N–H and O–H groups in total. The molecule has 1 aromatic carbocycles. The van der Waals surface area contributed by atoms with Gasteiger partial charge in [-0.2, -0.15) is 0 Å². The Morgan fingerprint density at radius 3 is 2.43 bits per heavy atom. The van der Waals surface area contributed by atoms with Gasteiger partial charge in [0.25, 0.3) is 0 Å². The lowest BCUT2D eigenvalue weighted by atomic mass is 9.69. The number of hydrogen-bond acceptors (Lipinski definition) is 3. The van der Waals surface area contributed by atoms with Crippen LogP contribution in [-0.2, 0) is 20.7 Å². The van der Waals surface area contributed by atoms with Crippen LogP contribution in [0.2, 0.25) is 0 Å². The number of rotatable bonds is 4. The highest BCUT2D eigenvalue weighted by molar-refractivity contribution is 6.04. The lowest BCUT2D eigenvalue weighted by Crippen LogP contribution is -2.44. The summed E-state index contributed by atoms with van der Waals surface area (Å²) in [4.78, 5) is 25.0. The van der Waals surface area contributed by atoms with Gasteiger partial charge in [0.15, 0.2) is 5.78 Å². The van der Waals surface area contributed by atoms with Crippen molar-refractivity contribution in [2.24, 2.45) is 5.41 Å². The van der Waals surface area contributed by atoms with Gasteiger partial charge in [-0.05, 0) is 45.6 Å². The Labute approximate surface area is 126 Å². The standard InChI is InChI=1S/C18H24O3/c1-4-21-17(20)18(8-6-5-7-16(18)19)12-15-10-13(2)9-14(3)11-15/h9-11H,4-8,12H2,1-3H3. The maximum Gasteiger partial charge on any atom is 0.319 e. The molecule has 1 saturated carbocycles. The number of carbonyl (C=O) groups is 2. The van der Waals surface area contributed by atoms with Crippen molar-refractivity contribution in [1.29, 1.82) is 0 Å². The first-order chi connectivity index (χ1) is 9.98. The topological polar surface area (TPSA) is 43.4 Å². The number of aryl methyl sites for hydroxylation is 2. The molecule has 21 heavy (non-hydrogen) atoms. The molecule has 1 atom stereocenters. The zero-order valence-corrected chi connectivity index (χ0v) is 13.2. The van der Waals surface area contributed by atoms with Crippen molar-refractivity contribution in [2.45, 2.75) is 52.9 Å². The van der Waals surface area contributed by atoms with Gasteiger partial charge < -0.3 is 4.74 Å². The van der Waals surface area contributed by atoms with E-state index in [9.17, 15) is 9.59 Å². The first-order valence-electron chi connectivity index (χ1n) is 7.75. The zero-order chi connectivity index (χ0) is 15.5. The molecule has 0 amide bonds.